The smallest absolute Gasteiger partial charge is 0.407 e. The normalized spacial score (nSPS) is 10.9. The van der Waals surface area contributed by atoms with Gasteiger partial charge in [-0.2, -0.15) is 0 Å². The lowest BCUT2D eigenvalue weighted by molar-refractivity contribution is -0.116. The van der Waals surface area contributed by atoms with E-state index in [1.54, 1.807) is 20.8 Å². The minimum atomic E-state index is -0.537. The second kappa shape index (κ2) is 6.51. The summed E-state index contributed by atoms with van der Waals surface area (Å²) in [7, 11) is 0. The zero-order chi connectivity index (χ0) is 14.5. The predicted octanol–water partition coefficient (Wildman–Crippen LogP) is 2.30. The lowest BCUT2D eigenvalue weighted by Gasteiger charge is -2.19. The molecule has 0 aliphatic carbocycles. The Morgan fingerprint density at radius 3 is 2.63 bits per heavy atom. The van der Waals surface area contributed by atoms with Crippen LogP contribution in [-0.2, 0) is 9.53 Å². The van der Waals surface area contributed by atoms with Gasteiger partial charge >= 0.3 is 6.09 Å². The van der Waals surface area contributed by atoms with E-state index in [1.165, 1.54) is 11.3 Å². The third-order valence-corrected chi connectivity index (χ3v) is 2.76. The van der Waals surface area contributed by atoms with Crippen LogP contribution in [0.1, 0.15) is 32.9 Å². The van der Waals surface area contributed by atoms with E-state index in [9.17, 15) is 9.59 Å². The Balaban J connectivity index is 2.22. The maximum atomic E-state index is 11.6. The second-order valence-electron chi connectivity index (χ2n) is 5.02. The van der Waals surface area contributed by atoms with Crippen molar-refractivity contribution in [3.63, 3.8) is 0 Å². The predicted molar refractivity (Wildman–Crippen MR) is 74.3 cm³/mol. The van der Waals surface area contributed by atoms with Gasteiger partial charge in [-0.15, -0.1) is 11.3 Å². The molecule has 0 saturated carbocycles. The van der Waals surface area contributed by atoms with Gasteiger partial charge in [-0.3, -0.25) is 4.79 Å². The Morgan fingerprint density at radius 2 is 2.11 bits per heavy atom. The molecule has 106 valence electrons. The van der Waals surface area contributed by atoms with Crippen LogP contribution in [0.3, 0.4) is 0 Å². The van der Waals surface area contributed by atoms with Crippen molar-refractivity contribution in [3.05, 3.63) is 11.1 Å². The summed E-state index contributed by atoms with van der Waals surface area (Å²) in [5, 5.41) is 7.61. The fourth-order valence-corrected chi connectivity index (χ4v) is 1.89. The molecule has 2 amide bonds. The average Bonchev–Trinajstić information content (AvgIpc) is 2.61. The van der Waals surface area contributed by atoms with Gasteiger partial charge in [0.05, 0.1) is 5.69 Å². The lowest BCUT2D eigenvalue weighted by atomic mass is 10.2. The summed E-state index contributed by atoms with van der Waals surface area (Å²) in [5.74, 6) is -0.189. The third-order valence-electron chi connectivity index (χ3n) is 1.89. The molecule has 1 aromatic rings. The zero-order valence-electron chi connectivity index (χ0n) is 11.6. The van der Waals surface area contributed by atoms with Crippen LogP contribution in [0.2, 0.25) is 0 Å². The Kier molecular flexibility index (Phi) is 5.29. The van der Waals surface area contributed by atoms with Crippen LogP contribution in [0.5, 0.6) is 0 Å². The van der Waals surface area contributed by atoms with Gasteiger partial charge in [0.1, 0.15) is 5.60 Å². The van der Waals surface area contributed by atoms with Crippen LogP contribution < -0.4 is 10.6 Å². The van der Waals surface area contributed by atoms with Crippen LogP contribution in [0.15, 0.2) is 5.38 Å². The summed E-state index contributed by atoms with van der Waals surface area (Å²) in [6, 6.07) is 0. The van der Waals surface area contributed by atoms with Crippen molar-refractivity contribution in [1.29, 1.82) is 0 Å². The highest BCUT2D eigenvalue weighted by Crippen LogP contribution is 2.14. The van der Waals surface area contributed by atoms with Gasteiger partial charge in [0.25, 0.3) is 0 Å². The second-order valence-corrected chi connectivity index (χ2v) is 5.88. The topological polar surface area (TPSA) is 80.3 Å². The number of aryl methyl sites for hydroxylation is 1. The van der Waals surface area contributed by atoms with Crippen LogP contribution >= 0.6 is 11.3 Å². The molecular formula is C12H19N3O3S. The van der Waals surface area contributed by atoms with Crippen molar-refractivity contribution in [2.75, 3.05) is 11.9 Å². The Labute approximate surface area is 116 Å². The number of anilines is 1. The van der Waals surface area contributed by atoms with Crippen molar-refractivity contribution in [2.24, 2.45) is 0 Å². The molecule has 1 aromatic heterocycles. The van der Waals surface area contributed by atoms with Crippen molar-refractivity contribution in [2.45, 2.75) is 39.7 Å². The first-order chi connectivity index (χ1) is 8.76. The molecule has 0 spiro atoms. The van der Waals surface area contributed by atoms with Gasteiger partial charge in [0.2, 0.25) is 5.91 Å². The van der Waals surface area contributed by atoms with E-state index in [1.807, 2.05) is 12.3 Å². The van der Waals surface area contributed by atoms with Crippen molar-refractivity contribution in [1.82, 2.24) is 10.3 Å². The lowest BCUT2D eigenvalue weighted by Crippen LogP contribution is -2.34. The number of carbonyl (C=O) groups excluding carboxylic acids is 2. The minimum Gasteiger partial charge on any atom is -0.444 e. The number of amides is 2. The van der Waals surface area contributed by atoms with Gasteiger partial charge < -0.3 is 15.4 Å². The van der Waals surface area contributed by atoms with Gasteiger partial charge in [-0.25, -0.2) is 9.78 Å². The molecule has 1 heterocycles. The van der Waals surface area contributed by atoms with Crippen LogP contribution in [-0.4, -0.2) is 29.1 Å². The minimum absolute atomic E-state index is 0.178. The fraction of sp³-hybridized carbons (Fsp3) is 0.583. The highest BCUT2D eigenvalue weighted by atomic mass is 32.1. The number of nitrogens with zero attached hydrogens (tertiary/aromatic N) is 1. The molecule has 0 fully saturated rings. The standard InChI is InChI=1S/C12H19N3O3S/c1-8-7-19-10(14-8)15-9(16)5-6-13-11(17)18-12(2,3)4/h7H,5-6H2,1-4H3,(H,13,17)(H,14,15,16). The highest BCUT2D eigenvalue weighted by molar-refractivity contribution is 7.13. The molecule has 0 unspecified atom stereocenters. The monoisotopic (exact) mass is 285 g/mol. The van der Waals surface area contributed by atoms with Gasteiger partial charge in [0.15, 0.2) is 5.13 Å². The maximum absolute atomic E-state index is 11.6. The molecule has 0 saturated heterocycles. The summed E-state index contributed by atoms with van der Waals surface area (Å²) in [6.07, 6.45) is -0.344. The largest absolute Gasteiger partial charge is 0.444 e. The molecule has 0 bridgehead atoms. The van der Waals surface area contributed by atoms with E-state index in [0.29, 0.717) is 5.13 Å². The number of nitrogens with one attached hydrogen (secondary N) is 2. The summed E-state index contributed by atoms with van der Waals surface area (Å²) >= 11 is 1.37. The van der Waals surface area contributed by atoms with E-state index in [4.69, 9.17) is 4.74 Å². The van der Waals surface area contributed by atoms with Gasteiger partial charge in [-0.1, -0.05) is 0 Å². The molecule has 0 atom stereocenters. The fourth-order valence-electron chi connectivity index (χ4n) is 1.19. The van der Waals surface area contributed by atoms with E-state index >= 15 is 0 Å². The summed E-state index contributed by atoms with van der Waals surface area (Å²) in [4.78, 5) is 27.0. The van der Waals surface area contributed by atoms with E-state index in [-0.39, 0.29) is 18.9 Å². The average molecular weight is 285 g/mol. The number of rotatable bonds is 4. The molecule has 2 N–H and O–H groups in total. The van der Waals surface area contributed by atoms with Gasteiger partial charge in [0, 0.05) is 18.3 Å². The quantitative estimate of drug-likeness (QED) is 0.889. The molecule has 7 heteroatoms. The third kappa shape index (κ3) is 6.76. The Morgan fingerprint density at radius 1 is 1.42 bits per heavy atom. The van der Waals surface area contributed by atoms with Crippen molar-refractivity contribution >= 4 is 28.5 Å². The molecule has 19 heavy (non-hydrogen) atoms. The summed E-state index contributed by atoms with van der Waals surface area (Å²) in [6.45, 7) is 7.43. The SMILES string of the molecule is Cc1csc(NC(=O)CCNC(=O)OC(C)(C)C)n1. The molecular weight excluding hydrogens is 266 g/mol. The van der Waals surface area contributed by atoms with Crippen LogP contribution in [0, 0.1) is 6.92 Å². The first-order valence-electron chi connectivity index (χ1n) is 5.95. The molecule has 0 aliphatic heterocycles. The van der Waals surface area contributed by atoms with Crippen LogP contribution in [0.4, 0.5) is 9.93 Å². The Bertz CT molecular complexity index is 451. The van der Waals surface area contributed by atoms with E-state index in [2.05, 4.69) is 15.6 Å². The summed E-state index contributed by atoms with van der Waals surface area (Å²) in [5.41, 5.74) is 0.331. The van der Waals surface area contributed by atoms with E-state index in [0.717, 1.165) is 5.69 Å². The summed E-state index contributed by atoms with van der Waals surface area (Å²) < 4.78 is 5.05. The van der Waals surface area contributed by atoms with Crippen molar-refractivity contribution < 1.29 is 14.3 Å². The zero-order valence-corrected chi connectivity index (χ0v) is 12.4. The molecule has 0 radical (unpaired) electrons. The van der Waals surface area contributed by atoms with Crippen LogP contribution in [0.25, 0.3) is 0 Å². The molecule has 0 aliphatic rings. The first kappa shape index (κ1) is 15.4. The number of hydrogen-bond acceptors (Lipinski definition) is 5. The highest BCUT2D eigenvalue weighted by Gasteiger charge is 2.15. The van der Waals surface area contributed by atoms with E-state index < -0.39 is 11.7 Å². The number of alkyl carbamates (subject to hydrolysis) is 1. The molecule has 1 rings (SSSR count). The first-order valence-corrected chi connectivity index (χ1v) is 6.83. The van der Waals surface area contributed by atoms with Gasteiger partial charge in [-0.05, 0) is 27.7 Å². The number of carbonyl (C=O) groups is 2. The van der Waals surface area contributed by atoms with Crippen molar-refractivity contribution in [3.8, 4) is 0 Å². The maximum Gasteiger partial charge on any atom is 0.407 e. The number of aromatic nitrogens is 1. The number of hydrogen-bond donors (Lipinski definition) is 2. The molecule has 6 nitrogen and oxygen atoms in total. The Hall–Kier alpha value is -1.63. The molecule has 0 aromatic carbocycles. The number of thiazole rings is 1. The number of ether oxygens (including phenoxy) is 1.